The molecule has 5 aromatic rings. The molecule has 9 nitrogen and oxygen atoms in total. The third kappa shape index (κ3) is 4.77. The zero-order valence-corrected chi connectivity index (χ0v) is 22.8. The lowest BCUT2D eigenvalue weighted by Gasteiger charge is -2.31. The quantitative estimate of drug-likeness (QED) is 0.230. The van der Waals surface area contributed by atoms with E-state index in [9.17, 15) is 19.4 Å². The molecule has 1 aliphatic heterocycles. The van der Waals surface area contributed by atoms with Gasteiger partial charge in [0.2, 0.25) is 0 Å². The Morgan fingerprint density at radius 1 is 1.15 bits per heavy atom. The van der Waals surface area contributed by atoms with Crippen molar-refractivity contribution in [3.8, 4) is 22.4 Å². The van der Waals surface area contributed by atoms with Gasteiger partial charge in [0.1, 0.15) is 5.82 Å². The second-order valence-electron chi connectivity index (χ2n) is 10.9. The van der Waals surface area contributed by atoms with Crippen LogP contribution in [0.1, 0.15) is 41.6 Å². The SMILES string of the molecule is Cc1c(-c2ccc(C(N)=O)c3[nH]c(-c4cnn(CC(C)(C)O)c4)cc23)cccc1N1C=Nc2ccc(F)cc2C1O. The fraction of sp³-hybridized carbons (Fsp3) is 0.194. The first-order chi connectivity index (χ1) is 19.5. The Labute approximate surface area is 235 Å². The van der Waals surface area contributed by atoms with Crippen LogP contribution in [0.5, 0.6) is 0 Å². The molecule has 0 aliphatic carbocycles. The third-order valence-corrected chi connectivity index (χ3v) is 7.28. The van der Waals surface area contributed by atoms with Gasteiger partial charge in [0.25, 0.3) is 5.91 Å². The highest BCUT2D eigenvalue weighted by atomic mass is 19.1. The normalized spacial score (nSPS) is 15.0. The second-order valence-corrected chi connectivity index (χ2v) is 10.9. The standard InChI is InChI=1S/C31H29FN6O3/c1-17-20(5-4-6-27(17)38-16-34-25-10-7-19(32)11-24(25)30(38)40)21-8-9-22(29(33)39)28-23(21)12-26(36-28)18-13-35-37(14-18)15-31(2,3)41/h4-14,16,30,36,40-41H,15H2,1-3H3,(H2,33,39). The maximum absolute atomic E-state index is 14.0. The maximum Gasteiger partial charge on any atom is 0.250 e. The number of aliphatic hydroxyl groups excluding tert-OH is 1. The van der Waals surface area contributed by atoms with E-state index in [1.54, 1.807) is 48.1 Å². The van der Waals surface area contributed by atoms with Crippen LogP contribution in [-0.4, -0.2) is 42.8 Å². The summed E-state index contributed by atoms with van der Waals surface area (Å²) in [6.45, 7) is 5.68. The number of nitrogens with one attached hydrogen (secondary N) is 1. The summed E-state index contributed by atoms with van der Waals surface area (Å²) in [6.07, 6.45) is 3.95. The number of carbonyl (C=O) groups is 1. The maximum atomic E-state index is 14.0. The molecule has 1 amide bonds. The van der Waals surface area contributed by atoms with E-state index in [1.807, 2.05) is 43.5 Å². The molecule has 1 unspecified atom stereocenters. The Morgan fingerprint density at radius 3 is 2.71 bits per heavy atom. The van der Waals surface area contributed by atoms with Crippen molar-refractivity contribution >= 4 is 34.5 Å². The number of aromatic nitrogens is 3. The second kappa shape index (κ2) is 9.69. The Morgan fingerprint density at radius 2 is 1.95 bits per heavy atom. The van der Waals surface area contributed by atoms with E-state index in [0.29, 0.717) is 34.6 Å². The van der Waals surface area contributed by atoms with Crippen LogP contribution in [-0.2, 0) is 6.54 Å². The van der Waals surface area contributed by atoms with Gasteiger partial charge in [-0.1, -0.05) is 18.2 Å². The van der Waals surface area contributed by atoms with Crippen molar-refractivity contribution in [1.29, 1.82) is 0 Å². The zero-order valence-electron chi connectivity index (χ0n) is 22.8. The van der Waals surface area contributed by atoms with Crippen molar-refractivity contribution in [2.45, 2.75) is 39.1 Å². The summed E-state index contributed by atoms with van der Waals surface area (Å²) in [6, 6.07) is 15.4. The van der Waals surface area contributed by atoms with Crippen molar-refractivity contribution in [2.24, 2.45) is 10.7 Å². The number of halogens is 1. The largest absolute Gasteiger partial charge is 0.389 e. The molecule has 5 N–H and O–H groups in total. The highest BCUT2D eigenvalue weighted by Crippen LogP contribution is 2.41. The van der Waals surface area contributed by atoms with Crippen molar-refractivity contribution in [3.63, 3.8) is 0 Å². The van der Waals surface area contributed by atoms with Crippen LogP contribution in [0.25, 0.3) is 33.3 Å². The van der Waals surface area contributed by atoms with Gasteiger partial charge in [0.05, 0.1) is 41.4 Å². The van der Waals surface area contributed by atoms with Gasteiger partial charge in [-0.3, -0.25) is 9.48 Å². The molecule has 208 valence electrons. The molecular formula is C31H29FN6O3. The number of hydrogen-bond acceptors (Lipinski definition) is 6. The molecule has 41 heavy (non-hydrogen) atoms. The average Bonchev–Trinajstić information content (AvgIpc) is 3.55. The predicted octanol–water partition coefficient (Wildman–Crippen LogP) is 5.19. The summed E-state index contributed by atoms with van der Waals surface area (Å²) in [4.78, 5) is 21.7. The number of aliphatic imine (C=N–C) groups is 1. The van der Waals surface area contributed by atoms with Crippen LogP contribution in [0.3, 0.4) is 0 Å². The fourth-order valence-electron chi connectivity index (χ4n) is 5.38. The Balaban J connectivity index is 1.45. The van der Waals surface area contributed by atoms with E-state index >= 15 is 0 Å². The number of hydrogen-bond donors (Lipinski definition) is 4. The summed E-state index contributed by atoms with van der Waals surface area (Å²) >= 11 is 0. The Hall–Kier alpha value is -4.80. The number of anilines is 1. The predicted molar refractivity (Wildman–Crippen MR) is 156 cm³/mol. The first-order valence-corrected chi connectivity index (χ1v) is 13.1. The van der Waals surface area contributed by atoms with Gasteiger partial charge in [-0.15, -0.1) is 0 Å². The minimum Gasteiger partial charge on any atom is -0.389 e. The van der Waals surface area contributed by atoms with Gasteiger partial charge in [-0.05, 0) is 73.9 Å². The summed E-state index contributed by atoms with van der Waals surface area (Å²) < 4.78 is 15.6. The van der Waals surface area contributed by atoms with Gasteiger partial charge in [0, 0.05) is 34.1 Å². The summed E-state index contributed by atoms with van der Waals surface area (Å²) in [5.74, 6) is -1.01. The lowest BCUT2D eigenvalue weighted by molar-refractivity contribution is 0.0577. The zero-order chi connectivity index (χ0) is 29.1. The van der Waals surface area contributed by atoms with Crippen LogP contribution in [0.4, 0.5) is 15.8 Å². The summed E-state index contributed by atoms with van der Waals surface area (Å²) in [5.41, 5.74) is 11.4. The number of rotatable bonds is 6. The molecular weight excluding hydrogens is 523 g/mol. The molecule has 10 heteroatoms. The smallest absolute Gasteiger partial charge is 0.250 e. The van der Waals surface area contributed by atoms with Crippen LogP contribution < -0.4 is 10.6 Å². The Bertz CT molecular complexity index is 1850. The number of amides is 1. The molecule has 0 bridgehead atoms. The number of nitrogens with zero attached hydrogens (tertiary/aromatic N) is 4. The molecule has 1 aliphatic rings. The van der Waals surface area contributed by atoms with E-state index in [2.05, 4.69) is 15.1 Å². The monoisotopic (exact) mass is 552 g/mol. The van der Waals surface area contributed by atoms with Crippen molar-refractivity contribution in [1.82, 2.24) is 14.8 Å². The molecule has 3 heterocycles. The summed E-state index contributed by atoms with van der Waals surface area (Å²) in [7, 11) is 0. The number of carbonyl (C=O) groups excluding carboxylic acids is 1. The number of aliphatic hydroxyl groups is 2. The van der Waals surface area contributed by atoms with Gasteiger partial charge in [0.15, 0.2) is 6.23 Å². The lowest BCUT2D eigenvalue weighted by atomic mass is 9.94. The molecule has 0 fully saturated rings. The van der Waals surface area contributed by atoms with Crippen molar-refractivity contribution in [3.05, 3.63) is 89.5 Å². The highest BCUT2D eigenvalue weighted by molar-refractivity contribution is 6.11. The lowest BCUT2D eigenvalue weighted by Crippen LogP contribution is -2.30. The number of fused-ring (bicyclic) bond motifs is 2. The first-order valence-electron chi connectivity index (χ1n) is 13.1. The molecule has 0 radical (unpaired) electrons. The fourth-order valence-corrected chi connectivity index (χ4v) is 5.38. The van der Waals surface area contributed by atoms with Gasteiger partial charge in [-0.25, -0.2) is 9.38 Å². The van der Waals surface area contributed by atoms with Gasteiger partial charge >= 0.3 is 0 Å². The van der Waals surface area contributed by atoms with Crippen molar-refractivity contribution < 1.29 is 19.4 Å². The number of nitrogens with two attached hydrogens (primary N) is 1. The molecule has 1 atom stereocenters. The average molecular weight is 553 g/mol. The van der Waals surface area contributed by atoms with E-state index in [-0.39, 0.29) is 0 Å². The molecule has 3 aromatic carbocycles. The van der Waals surface area contributed by atoms with Crippen LogP contribution in [0.15, 0.2) is 72.0 Å². The van der Waals surface area contributed by atoms with Gasteiger partial charge < -0.3 is 25.8 Å². The minimum absolute atomic E-state index is 0.319. The first kappa shape index (κ1) is 26.4. The van der Waals surface area contributed by atoms with E-state index in [1.165, 1.54) is 12.1 Å². The number of aromatic amines is 1. The number of primary amides is 1. The molecule has 6 rings (SSSR count). The van der Waals surface area contributed by atoms with E-state index in [0.717, 1.165) is 33.3 Å². The van der Waals surface area contributed by atoms with E-state index < -0.39 is 23.6 Å². The van der Waals surface area contributed by atoms with Crippen LogP contribution >= 0.6 is 0 Å². The molecule has 0 spiro atoms. The molecule has 2 aromatic heterocycles. The topological polar surface area (TPSA) is 133 Å². The molecule has 0 saturated heterocycles. The Kier molecular flexibility index (Phi) is 6.24. The van der Waals surface area contributed by atoms with Crippen molar-refractivity contribution in [2.75, 3.05) is 4.90 Å². The number of H-pyrrole nitrogens is 1. The third-order valence-electron chi connectivity index (χ3n) is 7.28. The highest BCUT2D eigenvalue weighted by Gasteiger charge is 2.26. The molecule has 0 saturated carbocycles. The summed E-state index contributed by atoms with van der Waals surface area (Å²) in [5, 5.41) is 26.5. The van der Waals surface area contributed by atoms with Gasteiger partial charge in [-0.2, -0.15) is 5.10 Å². The van der Waals surface area contributed by atoms with Crippen LogP contribution in [0.2, 0.25) is 0 Å². The number of benzene rings is 3. The van der Waals surface area contributed by atoms with Crippen LogP contribution in [0, 0.1) is 12.7 Å². The minimum atomic E-state index is -1.12. The van der Waals surface area contributed by atoms with E-state index in [4.69, 9.17) is 5.73 Å².